The highest BCUT2D eigenvalue weighted by Gasteiger charge is 2.31. The number of amides is 1. The summed E-state index contributed by atoms with van der Waals surface area (Å²) in [6.45, 7) is -2.16. The Kier molecular flexibility index (Phi) is 4.80. The van der Waals surface area contributed by atoms with Crippen molar-refractivity contribution in [2.24, 2.45) is 11.7 Å². The van der Waals surface area contributed by atoms with Crippen LogP contribution in [0.3, 0.4) is 0 Å². The molecule has 1 amide bonds. The number of fused-ring (bicyclic) bond motifs is 1. The molecule has 1 heterocycles. The van der Waals surface area contributed by atoms with Crippen LogP contribution in [0.15, 0.2) is 18.2 Å². The number of hydrogen-bond donors (Lipinski definition) is 1. The molecule has 0 aromatic heterocycles. The molecule has 1 aromatic rings. The lowest BCUT2D eigenvalue weighted by molar-refractivity contribution is -0.123. The highest BCUT2D eigenvalue weighted by Crippen LogP contribution is 2.34. The Morgan fingerprint density at radius 1 is 1.30 bits per heavy atom. The molecule has 2 atom stereocenters. The maximum atomic E-state index is 12.8. The third kappa shape index (κ3) is 3.63. The molecule has 3 rings (SSSR count). The molecule has 2 unspecified atom stereocenters. The molecule has 6 heteroatoms. The van der Waals surface area contributed by atoms with Gasteiger partial charge in [-0.25, -0.2) is 0 Å². The minimum absolute atomic E-state index is 0.0262. The van der Waals surface area contributed by atoms with E-state index < -0.39 is 6.61 Å². The highest BCUT2D eigenvalue weighted by molar-refractivity contribution is 5.96. The van der Waals surface area contributed by atoms with Crippen LogP contribution < -0.4 is 15.4 Å². The van der Waals surface area contributed by atoms with Crippen LogP contribution in [0.25, 0.3) is 0 Å². The fraction of sp³-hybridized carbons (Fsp3) is 0.588. The Labute approximate surface area is 134 Å². The second kappa shape index (κ2) is 6.83. The minimum Gasteiger partial charge on any atom is -0.435 e. The molecular weight excluding hydrogens is 302 g/mol. The lowest BCUT2D eigenvalue weighted by Crippen LogP contribution is -2.43. The molecule has 1 aliphatic heterocycles. The molecule has 2 N–H and O–H groups in total. The molecule has 0 bridgehead atoms. The zero-order valence-electron chi connectivity index (χ0n) is 13.0. The summed E-state index contributed by atoms with van der Waals surface area (Å²) < 4.78 is 29.1. The number of nitrogens with zero attached hydrogens (tertiary/aromatic N) is 1. The molecular formula is C17H22F2N2O2. The summed E-state index contributed by atoms with van der Waals surface area (Å²) in [7, 11) is 0. The number of nitrogens with two attached hydrogens (primary N) is 1. The second-order valence-corrected chi connectivity index (χ2v) is 6.39. The molecule has 1 aliphatic carbocycles. The van der Waals surface area contributed by atoms with Crippen LogP contribution in [0.1, 0.15) is 37.7 Å². The first-order chi connectivity index (χ1) is 11.0. The van der Waals surface area contributed by atoms with Gasteiger partial charge in [0.05, 0.1) is 0 Å². The number of rotatable bonds is 3. The van der Waals surface area contributed by atoms with Gasteiger partial charge < -0.3 is 15.4 Å². The van der Waals surface area contributed by atoms with Crippen LogP contribution in [-0.4, -0.2) is 25.1 Å². The van der Waals surface area contributed by atoms with Crippen molar-refractivity contribution in [1.29, 1.82) is 0 Å². The van der Waals surface area contributed by atoms with E-state index in [9.17, 15) is 13.6 Å². The smallest absolute Gasteiger partial charge is 0.387 e. The molecule has 2 aliphatic rings. The number of aryl methyl sites for hydroxylation is 1. The van der Waals surface area contributed by atoms with Crippen LogP contribution in [0, 0.1) is 5.92 Å². The molecule has 1 saturated carbocycles. The highest BCUT2D eigenvalue weighted by atomic mass is 19.3. The monoisotopic (exact) mass is 324 g/mol. The average Bonchev–Trinajstić information content (AvgIpc) is 2.53. The van der Waals surface area contributed by atoms with E-state index in [1.165, 1.54) is 6.07 Å². The van der Waals surface area contributed by atoms with Gasteiger partial charge in [-0.15, -0.1) is 0 Å². The molecule has 126 valence electrons. The van der Waals surface area contributed by atoms with E-state index >= 15 is 0 Å². The fourth-order valence-electron chi connectivity index (χ4n) is 3.65. The van der Waals surface area contributed by atoms with Gasteiger partial charge in [-0.1, -0.05) is 6.42 Å². The number of anilines is 1. The van der Waals surface area contributed by atoms with E-state index in [0.29, 0.717) is 6.54 Å². The van der Waals surface area contributed by atoms with Gasteiger partial charge in [0.25, 0.3) is 0 Å². The Morgan fingerprint density at radius 2 is 2.13 bits per heavy atom. The van der Waals surface area contributed by atoms with E-state index in [2.05, 4.69) is 4.74 Å². The molecule has 23 heavy (non-hydrogen) atoms. The van der Waals surface area contributed by atoms with Crippen molar-refractivity contribution in [2.45, 2.75) is 51.2 Å². The topological polar surface area (TPSA) is 55.6 Å². The maximum Gasteiger partial charge on any atom is 0.387 e. The Morgan fingerprint density at radius 3 is 2.87 bits per heavy atom. The first-order valence-corrected chi connectivity index (χ1v) is 8.19. The summed E-state index contributed by atoms with van der Waals surface area (Å²) in [5, 5.41) is 0. The average molecular weight is 324 g/mol. The van der Waals surface area contributed by atoms with Gasteiger partial charge in [0.15, 0.2) is 0 Å². The molecule has 0 radical (unpaired) electrons. The van der Waals surface area contributed by atoms with Crippen molar-refractivity contribution in [1.82, 2.24) is 0 Å². The quantitative estimate of drug-likeness (QED) is 0.929. The predicted octanol–water partition coefficient (Wildman–Crippen LogP) is 3.08. The van der Waals surface area contributed by atoms with E-state index in [0.717, 1.165) is 49.8 Å². The Hall–Kier alpha value is -1.69. The second-order valence-electron chi connectivity index (χ2n) is 6.39. The van der Waals surface area contributed by atoms with Crippen molar-refractivity contribution >= 4 is 11.6 Å². The van der Waals surface area contributed by atoms with Crippen LogP contribution >= 0.6 is 0 Å². The summed E-state index contributed by atoms with van der Waals surface area (Å²) in [6, 6.07) is 4.94. The first-order valence-electron chi connectivity index (χ1n) is 8.19. The molecule has 1 aromatic carbocycles. The zero-order chi connectivity index (χ0) is 16.4. The van der Waals surface area contributed by atoms with Crippen LogP contribution in [-0.2, 0) is 11.2 Å². The number of carbonyl (C=O) groups excluding carboxylic acids is 1. The van der Waals surface area contributed by atoms with Gasteiger partial charge in [0, 0.05) is 24.2 Å². The van der Waals surface area contributed by atoms with Gasteiger partial charge in [-0.2, -0.15) is 8.78 Å². The third-order valence-corrected chi connectivity index (χ3v) is 4.72. The van der Waals surface area contributed by atoms with Crippen molar-refractivity contribution in [3.8, 4) is 5.75 Å². The number of carbonyl (C=O) groups is 1. The molecule has 4 nitrogen and oxygen atoms in total. The lowest BCUT2D eigenvalue weighted by Gasteiger charge is -2.35. The summed E-state index contributed by atoms with van der Waals surface area (Å²) in [4.78, 5) is 14.6. The standard InChI is InChI=1S/C17H22F2N2O2/c18-17(19)23-14-6-7-15-11(10-14)4-2-8-21(15)16(22)12-3-1-5-13(20)9-12/h6-7,10,12-13,17H,1-5,8-9,20H2. The van der Waals surface area contributed by atoms with Crippen LogP contribution in [0.4, 0.5) is 14.5 Å². The predicted molar refractivity (Wildman–Crippen MR) is 83.7 cm³/mol. The van der Waals surface area contributed by atoms with Crippen LogP contribution in [0.5, 0.6) is 5.75 Å². The Balaban J connectivity index is 1.79. The normalized spacial score (nSPS) is 24.4. The van der Waals surface area contributed by atoms with Crippen molar-refractivity contribution in [2.75, 3.05) is 11.4 Å². The fourth-order valence-corrected chi connectivity index (χ4v) is 3.65. The zero-order valence-corrected chi connectivity index (χ0v) is 13.0. The lowest BCUT2D eigenvalue weighted by atomic mass is 9.84. The van der Waals surface area contributed by atoms with Crippen LogP contribution in [0.2, 0.25) is 0 Å². The minimum atomic E-state index is -2.84. The molecule has 0 saturated heterocycles. The van der Waals surface area contributed by atoms with Gasteiger partial charge in [-0.3, -0.25) is 4.79 Å². The number of halogens is 2. The molecule has 0 spiro atoms. The van der Waals surface area contributed by atoms with Gasteiger partial charge in [0.2, 0.25) is 5.91 Å². The maximum absolute atomic E-state index is 12.8. The van der Waals surface area contributed by atoms with Crippen molar-refractivity contribution in [3.63, 3.8) is 0 Å². The number of ether oxygens (including phenoxy) is 1. The Bertz CT molecular complexity index is 580. The summed E-state index contributed by atoms with van der Waals surface area (Å²) in [5.41, 5.74) is 7.71. The van der Waals surface area contributed by atoms with Crippen molar-refractivity contribution in [3.05, 3.63) is 23.8 Å². The van der Waals surface area contributed by atoms with Gasteiger partial charge in [-0.05, 0) is 55.9 Å². The summed E-state index contributed by atoms with van der Waals surface area (Å²) in [5.74, 6) is 0.234. The van der Waals surface area contributed by atoms with Crippen molar-refractivity contribution < 1.29 is 18.3 Å². The number of hydrogen-bond acceptors (Lipinski definition) is 3. The van der Waals surface area contributed by atoms with E-state index in [4.69, 9.17) is 5.73 Å². The van der Waals surface area contributed by atoms with Gasteiger partial charge >= 0.3 is 6.61 Å². The first kappa shape index (κ1) is 16.2. The number of benzene rings is 1. The largest absolute Gasteiger partial charge is 0.435 e. The third-order valence-electron chi connectivity index (χ3n) is 4.72. The summed E-state index contributed by atoms with van der Waals surface area (Å²) >= 11 is 0. The van der Waals surface area contributed by atoms with E-state index in [-0.39, 0.29) is 23.6 Å². The number of alkyl halides is 2. The SMILES string of the molecule is NC1CCCC(C(=O)N2CCCc3cc(OC(F)F)ccc32)C1. The van der Waals surface area contributed by atoms with E-state index in [1.54, 1.807) is 17.0 Å². The van der Waals surface area contributed by atoms with Gasteiger partial charge in [0.1, 0.15) is 5.75 Å². The van der Waals surface area contributed by atoms with E-state index in [1.807, 2.05) is 0 Å². The molecule has 1 fully saturated rings. The summed E-state index contributed by atoms with van der Waals surface area (Å²) in [6.07, 6.45) is 5.18.